The minimum atomic E-state index is -0.564. The van der Waals surface area contributed by atoms with E-state index in [1.807, 2.05) is 25.1 Å². The van der Waals surface area contributed by atoms with Crippen LogP contribution in [-0.4, -0.2) is 12.6 Å². The van der Waals surface area contributed by atoms with Crippen molar-refractivity contribution in [1.82, 2.24) is 0 Å². The second-order valence-electron chi connectivity index (χ2n) is 2.84. The molecular weight excluding hydrogens is 210 g/mol. The van der Waals surface area contributed by atoms with E-state index in [1.54, 1.807) is 13.0 Å². The van der Waals surface area contributed by atoms with Gasteiger partial charge in [-0.15, -0.1) is 11.3 Å². The molecule has 78 valence electrons. The van der Waals surface area contributed by atoms with Crippen LogP contribution < -0.4 is 0 Å². The predicted octanol–water partition coefficient (Wildman–Crippen LogP) is 2.53. The lowest BCUT2D eigenvalue weighted by molar-refractivity contribution is -0.137. The van der Waals surface area contributed by atoms with Crippen molar-refractivity contribution in [3.8, 4) is 6.07 Å². The van der Waals surface area contributed by atoms with Gasteiger partial charge in [0.2, 0.25) is 0 Å². The van der Waals surface area contributed by atoms with Crippen LogP contribution in [0.1, 0.15) is 16.7 Å². The highest BCUT2D eigenvalue weighted by Gasteiger charge is 2.09. The molecule has 0 aromatic carbocycles. The molecule has 0 amide bonds. The Morgan fingerprint density at radius 2 is 2.40 bits per heavy atom. The SMILES string of the molecule is CCOC(=O)C(C#N)=Cc1ccc(C)s1. The van der Waals surface area contributed by atoms with E-state index < -0.39 is 5.97 Å². The molecule has 0 bridgehead atoms. The van der Waals surface area contributed by atoms with Crippen LogP contribution in [-0.2, 0) is 9.53 Å². The van der Waals surface area contributed by atoms with E-state index in [9.17, 15) is 4.79 Å². The molecule has 1 aromatic heterocycles. The van der Waals surface area contributed by atoms with Gasteiger partial charge in [-0.2, -0.15) is 5.26 Å². The Kier molecular flexibility index (Phi) is 4.07. The highest BCUT2D eigenvalue weighted by atomic mass is 32.1. The molecule has 0 saturated carbocycles. The number of thiophene rings is 1. The molecule has 4 heteroatoms. The number of ether oxygens (including phenoxy) is 1. The van der Waals surface area contributed by atoms with Gasteiger partial charge in [0.25, 0.3) is 0 Å². The number of nitrogens with zero attached hydrogens (tertiary/aromatic N) is 1. The van der Waals surface area contributed by atoms with Gasteiger partial charge < -0.3 is 4.74 Å². The Labute approximate surface area is 92.6 Å². The summed E-state index contributed by atoms with van der Waals surface area (Å²) in [6.07, 6.45) is 1.55. The highest BCUT2D eigenvalue weighted by molar-refractivity contribution is 7.12. The van der Waals surface area contributed by atoms with Crippen LogP contribution in [0.2, 0.25) is 0 Å². The quantitative estimate of drug-likeness (QED) is 0.447. The van der Waals surface area contributed by atoms with E-state index in [4.69, 9.17) is 10.00 Å². The number of rotatable bonds is 3. The molecule has 0 unspecified atom stereocenters. The van der Waals surface area contributed by atoms with Gasteiger partial charge in [-0.05, 0) is 32.1 Å². The molecule has 0 atom stereocenters. The molecule has 3 nitrogen and oxygen atoms in total. The summed E-state index contributed by atoms with van der Waals surface area (Å²) in [4.78, 5) is 13.3. The molecule has 0 N–H and O–H groups in total. The highest BCUT2D eigenvalue weighted by Crippen LogP contribution is 2.18. The smallest absolute Gasteiger partial charge is 0.348 e. The lowest BCUT2D eigenvalue weighted by Crippen LogP contribution is -2.05. The zero-order valence-corrected chi connectivity index (χ0v) is 9.43. The van der Waals surface area contributed by atoms with Crippen LogP contribution >= 0.6 is 11.3 Å². The molecule has 0 aliphatic carbocycles. The topological polar surface area (TPSA) is 50.1 Å². The first-order valence-electron chi connectivity index (χ1n) is 4.52. The molecule has 0 spiro atoms. The van der Waals surface area contributed by atoms with Crippen LogP contribution in [0.3, 0.4) is 0 Å². The summed E-state index contributed by atoms with van der Waals surface area (Å²) < 4.78 is 4.75. The number of nitriles is 1. The summed E-state index contributed by atoms with van der Waals surface area (Å²) in [6.45, 7) is 3.96. The van der Waals surface area contributed by atoms with Crippen LogP contribution in [0.5, 0.6) is 0 Å². The number of hydrogen-bond donors (Lipinski definition) is 0. The maximum Gasteiger partial charge on any atom is 0.348 e. The monoisotopic (exact) mass is 221 g/mol. The lowest BCUT2D eigenvalue weighted by atomic mass is 10.2. The Hall–Kier alpha value is -1.60. The third-order valence-corrected chi connectivity index (χ3v) is 2.61. The third-order valence-electron chi connectivity index (χ3n) is 1.66. The van der Waals surface area contributed by atoms with Gasteiger partial charge >= 0.3 is 5.97 Å². The van der Waals surface area contributed by atoms with Gasteiger partial charge in [0.15, 0.2) is 0 Å². The van der Waals surface area contributed by atoms with E-state index in [0.29, 0.717) is 0 Å². The minimum Gasteiger partial charge on any atom is -0.462 e. The fraction of sp³-hybridized carbons (Fsp3) is 0.273. The number of carbonyl (C=O) groups excluding carboxylic acids is 1. The molecule has 1 aromatic rings. The predicted molar refractivity (Wildman–Crippen MR) is 59.3 cm³/mol. The zero-order chi connectivity index (χ0) is 11.3. The van der Waals surface area contributed by atoms with Gasteiger partial charge in [-0.25, -0.2) is 4.79 Å². The Morgan fingerprint density at radius 3 is 2.87 bits per heavy atom. The van der Waals surface area contributed by atoms with Gasteiger partial charge in [-0.3, -0.25) is 0 Å². The van der Waals surface area contributed by atoms with E-state index in [-0.39, 0.29) is 12.2 Å². The van der Waals surface area contributed by atoms with Gasteiger partial charge in [0, 0.05) is 9.75 Å². The number of aryl methyl sites for hydroxylation is 1. The van der Waals surface area contributed by atoms with Crippen molar-refractivity contribution in [3.63, 3.8) is 0 Å². The van der Waals surface area contributed by atoms with Crippen LogP contribution in [0.4, 0.5) is 0 Å². The molecular formula is C11H11NO2S. The third kappa shape index (κ3) is 3.22. The molecule has 0 aliphatic rings. The first kappa shape index (κ1) is 11.5. The first-order valence-corrected chi connectivity index (χ1v) is 5.34. The van der Waals surface area contributed by atoms with Gasteiger partial charge in [-0.1, -0.05) is 0 Å². The minimum absolute atomic E-state index is 0.0405. The Bertz CT molecular complexity index is 426. The summed E-state index contributed by atoms with van der Waals surface area (Å²) in [7, 11) is 0. The largest absolute Gasteiger partial charge is 0.462 e. The molecule has 0 saturated heterocycles. The van der Waals surface area contributed by atoms with Gasteiger partial charge in [0.05, 0.1) is 6.61 Å². The summed E-state index contributed by atoms with van der Waals surface area (Å²) in [5.74, 6) is -0.564. The lowest BCUT2D eigenvalue weighted by Gasteiger charge is -1.97. The standard InChI is InChI=1S/C11H11NO2S/c1-3-14-11(13)9(7-12)6-10-5-4-8(2)15-10/h4-6H,3H2,1-2H3. The van der Waals surface area contributed by atoms with Crippen molar-refractivity contribution in [3.05, 3.63) is 27.5 Å². The van der Waals surface area contributed by atoms with Crippen LogP contribution in [0, 0.1) is 18.3 Å². The fourth-order valence-electron chi connectivity index (χ4n) is 1.02. The van der Waals surface area contributed by atoms with Gasteiger partial charge in [0.1, 0.15) is 11.6 Å². The van der Waals surface area contributed by atoms with Crippen LogP contribution in [0.15, 0.2) is 17.7 Å². The van der Waals surface area contributed by atoms with Crippen molar-refractivity contribution in [2.24, 2.45) is 0 Å². The van der Waals surface area contributed by atoms with E-state index in [0.717, 1.165) is 9.75 Å². The molecule has 0 radical (unpaired) electrons. The second-order valence-corrected chi connectivity index (χ2v) is 4.16. The molecule has 15 heavy (non-hydrogen) atoms. The summed E-state index contributed by atoms with van der Waals surface area (Å²) in [5, 5.41) is 8.78. The van der Waals surface area contributed by atoms with Crippen molar-refractivity contribution < 1.29 is 9.53 Å². The van der Waals surface area contributed by atoms with E-state index in [2.05, 4.69) is 0 Å². The summed E-state index contributed by atoms with van der Waals surface area (Å²) in [6, 6.07) is 5.65. The number of hydrogen-bond acceptors (Lipinski definition) is 4. The molecule has 0 aliphatic heterocycles. The van der Waals surface area contributed by atoms with Crippen molar-refractivity contribution in [1.29, 1.82) is 5.26 Å². The maximum atomic E-state index is 11.3. The zero-order valence-electron chi connectivity index (χ0n) is 8.61. The second kappa shape index (κ2) is 5.32. The number of esters is 1. The molecule has 1 heterocycles. The molecule has 1 rings (SSSR count). The van der Waals surface area contributed by atoms with Crippen molar-refractivity contribution in [2.45, 2.75) is 13.8 Å². The fourth-order valence-corrected chi connectivity index (χ4v) is 1.84. The summed E-state index contributed by atoms with van der Waals surface area (Å²) in [5.41, 5.74) is 0.0405. The van der Waals surface area contributed by atoms with E-state index in [1.165, 1.54) is 11.3 Å². The summed E-state index contributed by atoms with van der Waals surface area (Å²) >= 11 is 1.53. The maximum absolute atomic E-state index is 11.3. The van der Waals surface area contributed by atoms with E-state index >= 15 is 0 Å². The molecule has 0 fully saturated rings. The van der Waals surface area contributed by atoms with Crippen molar-refractivity contribution in [2.75, 3.05) is 6.61 Å². The number of carbonyl (C=O) groups is 1. The normalized spacial score (nSPS) is 10.9. The Balaban J connectivity index is 2.88. The van der Waals surface area contributed by atoms with Crippen molar-refractivity contribution >= 4 is 23.4 Å². The average Bonchev–Trinajstić information content (AvgIpc) is 2.61. The Morgan fingerprint density at radius 1 is 1.67 bits per heavy atom. The van der Waals surface area contributed by atoms with Crippen LogP contribution in [0.25, 0.3) is 6.08 Å². The average molecular weight is 221 g/mol. The first-order chi connectivity index (χ1) is 7.17.